The molecule has 0 amide bonds. The van der Waals surface area contributed by atoms with Gasteiger partial charge in [0.1, 0.15) is 12.2 Å². The molecule has 5 N–H and O–H groups in total. The van der Waals surface area contributed by atoms with Gasteiger partial charge in [-0.1, -0.05) is 0 Å². The standard InChI is InChI=1S/C9H11N7O4S/c10-14-6-1-2-7(16(17)18)8(3-6)21(19,20)13-4-9-11-5-12-15-9/h1-3,5,13-14H,4,10H2,(H,11,12,15). The first-order valence-corrected chi connectivity index (χ1v) is 7.01. The second-order valence-electron chi connectivity index (χ2n) is 3.84. The number of benzene rings is 1. The van der Waals surface area contributed by atoms with Crippen molar-refractivity contribution in [2.75, 3.05) is 5.43 Å². The van der Waals surface area contributed by atoms with Crippen molar-refractivity contribution in [2.45, 2.75) is 11.4 Å². The third kappa shape index (κ3) is 3.31. The number of H-pyrrole nitrogens is 1. The zero-order valence-corrected chi connectivity index (χ0v) is 11.3. The number of aromatic amines is 1. The van der Waals surface area contributed by atoms with E-state index in [0.29, 0.717) is 0 Å². The van der Waals surface area contributed by atoms with E-state index >= 15 is 0 Å². The van der Waals surface area contributed by atoms with Crippen LogP contribution in [0, 0.1) is 10.1 Å². The lowest BCUT2D eigenvalue weighted by Gasteiger charge is -2.08. The number of aromatic nitrogens is 3. The number of hydrazine groups is 1. The molecule has 21 heavy (non-hydrogen) atoms. The lowest BCUT2D eigenvalue weighted by atomic mass is 10.3. The highest BCUT2D eigenvalue weighted by Crippen LogP contribution is 2.26. The molecule has 0 aliphatic carbocycles. The Morgan fingerprint density at radius 1 is 1.43 bits per heavy atom. The van der Waals surface area contributed by atoms with Crippen LogP contribution in [0.1, 0.15) is 5.82 Å². The van der Waals surface area contributed by atoms with Gasteiger partial charge >= 0.3 is 0 Å². The van der Waals surface area contributed by atoms with E-state index in [0.717, 1.165) is 12.1 Å². The number of nitro benzene ring substituents is 1. The van der Waals surface area contributed by atoms with Gasteiger partial charge in [-0.2, -0.15) is 5.10 Å². The number of anilines is 1. The first-order chi connectivity index (χ1) is 9.94. The minimum absolute atomic E-state index is 0.181. The van der Waals surface area contributed by atoms with Crippen LogP contribution in [0.15, 0.2) is 29.4 Å². The average molecular weight is 313 g/mol. The van der Waals surface area contributed by atoms with Gasteiger partial charge in [-0.05, 0) is 12.1 Å². The Labute approximate surface area is 118 Å². The second-order valence-corrected chi connectivity index (χ2v) is 5.58. The Kier molecular flexibility index (Phi) is 4.11. The molecule has 0 saturated carbocycles. The number of nitrogens with two attached hydrogens (primary N) is 1. The largest absolute Gasteiger partial charge is 0.324 e. The number of nitrogens with one attached hydrogen (secondary N) is 3. The zero-order chi connectivity index (χ0) is 15.5. The minimum Gasteiger partial charge on any atom is -0.324 e. The van der Waals surface area contributed by atoms with Crippen molar-refractivity contribution >= 4 is 21.4 Å². The molecule has 0 aliphatic rings. The maximum absolute atomic E-state index is 12.2. The lowest BCUT2D eigenvalue weighted by Crippen LogP contribution is -2.25. The molecule has 1 aromatic heterocycles. The van der Waals surface area contributed by atoms with Gasteiger partial charge in [-0.25, -0.2) is 18.1 Å². The fourth-order valence-corrected chi connectivity index (χ4v) is 2.71. The van der Waals surface area contributed by atoms with Gasteiger partial charge in [-0.3, -0.25) is 21.1 Å². The number of hydrogen-bond acceptors (Lipinski definition) is 8. The molecule has 0 fully saturated rings. The number of sulfonamides is 1. The summed E-state index contributed by atoms with van der Waals surface area (Å²) in [5, 5.41) is 17.0. The summed E-state index contributed by atoms with van der Waals surface area (Å²) in [6.07, 6.45) is 1.21. The van der Waals surface area contributed by atoms with Crippen LogP contribution >= 0.6 is 0 Å². The van der Waals surface area contributed by atoms with E-state index in [1.54, 1.807) is 0 Å². The van der Waals surface area contributed by atoms with Crippen LogP contribution in [0.5, 0.6) is 0 Å². The van der Waals surface area contributed by atoms with Crippen LogP contribution < -0.4 is 16.0 Å². The molecular formula is C9H11N7O4S. The molecule has 12 heteroatoms. The van der Waals surface area contributed by atoms with E-state index in [9.17, 15) is 18.5 Å². The van der Waals surface area contributed by atoms with Crippen molar-refractivity contribution in [3.05, 3.63) is 40.5 Å². The first-order valence-electron chi connectivity index (χ1n) is 5.53. The number of nitrogens with zero attached hydrogens (tertiary/aromatic N) is 3. The summed E-state index contributed by atoms with van der Waals surface area (Å²) in [6, 6.07) is 3.42. The number of nitro groups is 1. The molecule has 2 rings (SSSR count). The van der Waals surface area contributed by atoms with E-state index in [1.807, 2.05) is 0 Å². The van der Waals surface area contributed by atoms with Crippen molar-refractivity contribution in [2.24, 2.45) is 5.84 Å². The van der Waals surface area contributed by atoms with Crippen LogP contribution in [-0.4, -0.2) is 28.5 Å². The second kappa shape index (κ2) is 5.82. The van der Waals surface area contributed by atoms with Crippen LogP contribution in [0.3, 0.4) is 0 Å². The number of nitrogen functional groups attached to an aromatic ring is 1. The van der Waals surface area contributed by atoms with E-state index in [2.05, 4.69) is 25.3 Å². The molecule has 1 heterocycles. The predicted octanol–water partition coefficient (Wildman–Crippen LogP) is -0.523. The molecule has 0 radical (unpaired) electrons. The van der Waals surface area contributed by atoms with Crippen LogP contribution in [0.4, 0.5) is 11.4 Å². The molecule has 11 nitrogen and oxygen atoms in total. The van der Waals surface area contributed by atoms with Gasteiger partial charge in [-0.15, -0.1) is 0 Å². The fourth-order valence-electron chi connectivity index (χ4n) is 1.53. The zero-order valence-electron chi connectivity index (χ0n) is 10.5. The highest BCUT2D eigenvalue weighted by molar-refractivity contribution is 7.89. The summed E-state index contributed by atoms with van der Waals surface area (Å²) in [5.74, 6) is 5.45. The topological polar surface area (TPSA) is 169 Å². The van der Waals surface area contributed by atoms with Gasteiger partial charge in [0, 0.05) is 6.07 Å². The highest BCUT2D eigenvalue weighted by Gasteiger charge is 2.26. The third-order valence-electron chi connectivity index (χ3n) is 2.51. The van der Waals surface area contributed by atoms with Crippen molar-refractivity contribution in [1.29, 1.82) is 0 Å². The Balaban J connectivity index is 2.35. The van der Waals surface area contributed by atoms with Crippen molar-refractivity contribution in [3.63, 3.8) is 0 Å². The molecule has 0 saturated heterocycles. The van der Waals surface area contributed by atoms with Gasteiger partial charge in [0.05, 0.1) is 17.2 Å². The highest BCUT2D eigenvalue weighted by atomic mass is 32.2. The fraction of sp³-hybridized carbons (Fsp3) is 0.111. The van der Waals surface area contributed by atoms with E-state index in [1.165, 1.54) is 12.4 Å². The van der Waals surface area contributed by atoms with Gasteiger partial charge in [0.25, 0.3) is 5.69 Å². The summed E-state index contributed by atoms with van der Waals surface area (Å²) in [6.45, 7) is -0.181. The maximum Gasteiger partial charge on any atom is 0.289 e. The summed E-state index contributed by atoms with van der Waals surface area (Å²) < 4.78 is 26.5. The SMILES string of the molecule is NNc1ccc([N+](=O)[O-])c(S(=O)(=O)NCc2ncn[nH]2)c1. The van der Waals surface area contributed by atoms with Crippen molar-refractivity contribution in [1.82, 2.24) is 19.9 Å². The number of hydrogen-bond donors (Lipinski definition) is 4. The lowest BCUT2D eigenvalue weighted by molar-refractivity contribution is -0.387. The Morgan fingerprint density at radius 3 is 2.76 bits per heavy atom. The van der Waals surface area contributed by atoms with E-state index in [-0.39, 0.29) is 18.1 Å². The monoisotopic (exact) mass is 313 g/mol. The van der Waals surface area contributed by atoms with Crippen LogP contribution in [-0.2, 0) is 16.6 Å². The molecular weight excluding hydrogens is 302 g/mol. The quantitative estimate of drug-likeness (QED) is 0.313. The van der Waals surface area contributed by atoms with Gasteiger partial charge < -0.3 is 5.43 Å². The number of rotatable bonds is 6. The van der Waals surface area contributed by atoms with Gasteiger partial charge in [0.2, 0.25) is 10.0 Å². The maximum atomic E-state index is 12.2. The minimum atomic E-state index is -4.12. The normalized spacial score (nSPS) is 11.3. The molecule has 0 unspecified atom stereocenters. The first kappa shape index (κ1) is 14.8. The van der Waals surface area contributed by atoms with Crippen molar-refractivity contribution in [3.8, 4) is 0 Å². The molecule has 0 aliphatic heterocycles. The van der Waals surface area contributed by atoms with E-state index < -0.39 is 25.5 Å². The van der Waals surface area contributed by atoms with Gasteiger partial charge in [0.15, 0.2) is 4.90 Å². The van der Waals surface area contributed by atoms with Crippen molar-refractivity contribution < 1.29 is 13.3 Å². The summed E-state index contributed by atoms with van der Waals surface area (Å²) in [5.41, 5.74) is 1.90. The molecule has 0 spiro atoms. The summed E-state index contributed by atoms with van der Waals surface area (Å²) >= 11 is 0. The smallest absolute Gasteiger partial charge is 0.289 e. The Hall–Kier alpha value is -2.57. The summed E-state index contributed by atoms with van der Waals surface area (Å²) in [7, 11) is -4.12. The Bertz CT molecular complexity index is 743. The molecule has 0 atom stereocenters. The van der Waals surface area contributed by atoms with E-state index in [4.69, 9.17) is 5.84 Å². The predicted molar refractivity (Wildman–Crippen MR) is 71.3 cm³/mol. The molecule has 2 aromatic rings. The molecule has 1 aromatic carbocycles. The van der Waals surface area contributed by atoms with Crippen LogP contribution in [0.25, 0.3) is 0 Å². The average Bonchev–Trinajstić information content (AvgIpc) is 2.98. The Morgan fingerprint density at radius 2 is 2.19 bits per heavy atom. The summed E-state index contributed by atoms with van der Waals surface area (Å²) in [4.78, 5) is 13.4. The van der Waals surface area contributed by atoms with Crippen LogP contribution in [0.2, 0.25) is 0 Å². The molecule has 0 bridgehead atoms. The molecule has 112 valence electrons. The third-order valence-corrected chi connectivity index (χ3v) is 3.94.